The lowest BCUT2D eigenvalue weighted by molar-refractivity contribution is 0.170. The van der Waals surface area contributed by atoms with Gasteiger partial charge in [0.25, 0.3) is 0 Å². The van der Waals surface area contributed by atoms with Crippen molar-refractivity contribution in [3.63, 3.8) is 0 Å². The summed E-state index contributed by atoms with van der Waals surface area (Å²) in [5, 5.41) is 3.46. The second kappa shape index (κ2) is 5.61. The fourth-order valence-corrected chi connectivity index (χ4v) is 2.18. The van der Waals surface area contributed by atoms with E-state index in [1.165, 1.54) is 12.8 Å². The molecule has 0 aromatic carbocycles. The highest BCUT2D eigenvalue weighted by atomic mass is 16.5. The smallest absolute Gasteiger partial charge is 0.0497 e. The SMILES string of the molecule is CCNC(C)CC(C)C1CCOC1. The van der Waals surface area contributed by atoms with E-state index in [1.54, 1.807) is 0 Å². The molecular formula is C11H23NO. The number of hydrogen-bond acceptors (Lipinski definition) is 2. The first-order valence-electron chi connectivity index (χ1n) is 5.55. The second-order valence-corrected chi connectivity index (χ2v) is 4.30. The average molecular weight is 185 g/mol. The van der Waals surface area contributed by atoms with Gasteiger partial charge < -0.3 is 10.1 Å². The zero-order valence-corrected chi connectivity index (χ0v) is 9.18. The summed E-state index contributed by atoms with van der Waals surface area (Å²) < 4.78 is 5.40. The number of ether oxygens (including phenoxy) is 1. The highest BCUT2D eigenvalue weighted by Crippen LogP contribution is 2.25. The molecule has 0 amide bonds. The van der Waals surface area contributed by atoms with Crippen LogP contribution in [0.3, 0.4) is 0 Å². The van der Waals surface area contributed by atoms with Gasteiger partial charge in [-0.3, -0.25) is 0 Å². The van der Waals surface area contributed by atoms with Gasteiger partial charge in [0, 0.05) is 19.3 Å². The fourth-order valence-electron chi connectivity index (χ4n) is 2.18. The molecule has 1 rings (SSSR count). The minimum atomic E-state index is 0.653. The van der Waals surface area contributed by atoms with Gasteiger partial charge in [0.2, 0.25) is 0 Å². The Labute approximate surface area is 82.0 Å². The van der Waals surface area contributed by atoms with Crippen molar-refractivity contribution < 1.29 is 4.74 Å². The molecule has 0 aliphatic carbocycles. The molecule has 1 saturated heterocycles. The normalized spacial score (nSPS) is 27.5. The second-order valence-electron chi connectivity index (χ2n) is 4.30. The van der Waals surface area contributed by atoms with Crippen LogP contribution in [0.1, 0.15) is 33.6 Å². The lowest BCUT2D eigenvalue weighted by atomic mass is 9.88. The molecule has 0 saturated carbocycles. The molecule has 1 aliphatic heterocycles. The van der Waals surface area contributed by atoms with Crippen molar-refractivity contribution in [2.75, 3.05) is 19.8 Å². The Hall–Kier alpha value is -0.0800. The lowest BCUT2D eigenvalue weighted by Crippen LogP contribution is -2.29. The Morgan fingerprint density at radius 1 is 1.46 bits per heavy atom. The van der Waals surface area contributed by atoms with E-state index >= 15 is 0 Å². The van der Waals surface area contributed by atoms with Crippen molar-refractivity contribution in [2.24, 2.45) is 11.8 Å². The van der Waals surface area contributed by atoms with Crippen LogP contribution in [0.15, 0.2) is 0 Å². The highest BCUT2D eigenvalue weighted by molar-refractivity contribution is 4.74. The van der Waals surface area contributed by atoms with Crippen LogP contribution in [0.25, 0.3) is 0 Å². The van der Waals surface area contributed by atoms with E-state index in [4.69, 9.17) is 4.74 Å². The maximum atomic E-state index is 5.40. The van der Waals surface area contributed by atoms with Crippen LogP contribution in [0.2, 0.25) is 0 Å². The summed E-state index contributed by atoms with van der Waals surface area (Å²) >= 11 is 0. The molecule has 13 heavy (non-hydrogen) atoms. The molecule has 0 aromatic heterocycles. The van der Waals surface area contributed by atoms with Crippen LogP contribution in [-0.4, -0.2) is 25.8 Å². The van der Waals surface area contributed by atoms with Gasteiger partial charge in [-0.15, -0.1) is 0 Å². The summed E-state index contributed by atoms with van der Waals surface area (Å²) in [6, 6.07) is 0.653. The summed E-state index contributed by atoms with van der Waals surface area (Å²) in [6.07, 6.45) is 2.54. The topological polar surface area (TPSA) is 21.3 Å². The van der Waals surface area contributed by atoms with Crippen molar-refractivity contribution in [3.05, 3.63) is 0 Å². The molecule has 0 spiro atoms. The van der Waals surface area contributed by atoms with Crippen LogP contribution in [-0.2, 0) is 4.74 Å². The third kappa shape index (κ3) is 3.65. The molecule has 0 aromatic rings. The van der Waals surface area contributed by atoms with Crippen molar-refractivity contribution in [1.82, 2.24) is 5.32 Å². The van der Waals surface area contributed by atoms with E-state index < -0.39 is 0 Å². The van der Waals surface area contributed by atoms with Gasteiger partial charge in [-0.2, -0.15) is 0 Å². The van der Waals surface area contributed by atoms with Crippen LogP contribution in [0, 0.1) is 11.8 Å². The summed E-state index contributed by atoms with van der Waals surface area (Å²) in [4.78, 5) is 0. The quantitative estimate of drug-likeness (QED) is 0.708. The molecule has 1 fully saturated rings. The summed E-state index contributed by atoms with van der Waals surface area (Å²) in [6.45, 7) is 9.84. The Balaban J connectivity index is 2.18. The molecule has 3 atom stereocenters. The zero-order valence-electron chi connectivity index (χ0n) is 9.18. The summed E-state index contributed by atoms with van der Waals surface area (Å²) in [7, 11) is 0. The Bertz CT molecular complexity index is 132. The van der Waals surface area contributed by atoms with Crippen LogP contribution >= 0.6 is 0 Å². The first-order chi connectivity index (χ1) is 6.24. The van der Waals surface area contributed by atoms with E-state index in [-0.39, 0.29) is 0 Å². The van der Waals surface area contributed by atoms with E-state index in [0.29, 0.717) is 6.04 Å². The Kier molecular flexibility index (Phi) is 4.74. The Morgan fingerprint density at radius 2 is 2.23 bits per heavy atom. The largest absolute Gasteiger partial charge is 0.381 e. The average Bonchev–Trinajstić information content (AvgIpc) is 2.55. The van der Waals surface area contributed by atoms with E-state index in [0.717, 1.165) is 31.6 Å². The standard InChI is InChI=1S/C11H23NO/c1-4-12-10(3)7-9(2)11-5-6-13-8-11/h9-12H,4-8H2,1-3H3. The monoisotopic (exact) mass is 185 g/mol. The molecule has 2 heteroatoms. The third-order valence-corrected chi connectivity index (χ3v) is 3.05. The minimum absolute atomic E-state index is 0.653. The molecule has 0 bridgehead atoms. The predicted molar refractivity (Wildman–Crippen MR) is 55.8 cm³/mol. The minimum Gasteiger partial charge on any atom is -0.381 e. The molecule has 3 unspecified atom stereocenters. The molecular weight excluding hydrogens is 162 g/mol. The molecule has 78 valence electrons. The van der Waals surface area contributed by atoms with Gasteiger partial charge in [0.05, 0.1) is 0 Å². The number of nitrogens with one attached hydrogen (secondary N) is 1. The van der Waals surface area contributed by atoms with Gasteiger partial charge in [-0.25, -0.2) is 0 Å². The molecule has 2 nitrogen and oxygen atoms in total. The molecule has 1 heterocycles. The number of hydrogen-bond donors (Lipinski definition) is 1. The maximum absolute atomic E-state index is 5.40. The first kappa shape index (κ1) is 11.0. The van der Waals surface area contributed by atoms with Gasteiger partial charge in [0.15, 0.2) is 0 Å². The molecule has 1 N–H and O–H groups in total. The predicted octanol–water partition coefficient (Wildman–Crippen LogP) is 2.05. The van der Waals surface area contributed by atoms with Gasteiger partial charge in [-0.05, 0) is 38.1 Å². The van der Waals surface area contributed by atoms with Crippen LogP contribution in [0.5, 0.6) is 0 Å². The zero-order chi connectivity index (χ0) is 9.68. The van der Waals surface area contributed by atoms with E-state index in [1.807, 2.05) is 0 Å². The number of rotatable bonds is 5. The van der Waals surface area contributed by atoms with Crippen LogP contribution < -0.4 is 5.32 Å². The summed E-state index contributed by atoms with van der Waals surface area (Å²) in [5.74, 6) is 1.61. The van der Waals surface area contributed by atoms with Crippen molar-refractivity contribution in [1.29, 1.82) is 0 Å². The van der Waals surface area contributed by atoms with Gasteiger partial charge in [0.1, 0.15) is 0 Å². The lowest BCUT2D eigenvalue weighted by Gasteiger charge is -2.21. The molecule has 1 aliphatic rings. The van der Waals surface area contributed by atoms with Crippen molar-refractivity contribution in [3.8, 4) is 0 Å². The van der Waals surface area contributed by atoms with Crippen molar-refractivity contribution in [2.45, 2.75) is 39.7 Å². The Morgan fingerprint density at radius 3 is 2.77 bits per heavy atom. The highest BCUT2D eigenvalue weighted by Gasteiger charge is 2.23. The fraction of sp³-hybridized carbons (Fsp3) is 1.00. The first-order valence-corrected chi connectivity index (χ1v) is 5.55. The van der Waals surface area contributed by atoms with Gasteiger partial charge in [-0.1, -0.05) is 13.8 Å². The maximum Gasteiger partial charge on any atom is 0.0497 e. The van der Waals surface area contributed by atoms with E-state index in [9.17, 15) is 0 Å². The summed E-state index contributed by atoms with van der Waals surface area (Å²) in [5.41, 5.74) is 0. The van der Waals surface area contributed by atoms with Crippen molar-refractivity contribution >= 4 is 0 Å². The third-order valence-electron chi connectivity index (χ3n) is 3.05. The molecule has 0 radical (unpaired) electrons. The van der Waals surface area contributed by atoms with E-state index in [2.05, 4.69) is 26.1 Å². The van der Waals surface area contributed by atoms with Crippen LogP contribution in [0.4, 0.5) is 0 Å². The van der Waals surface area contributed by atoms with Gasteiger partial charge >= 0.3 is 0 Å².